The normalized spacial score (nSPS) is 57.2. The number of hydrogen-bond donors (Lipinski definition) is 3. The molecule has 34 heavy (non-hydrogen) atoms. The van der Waals surface area contributed by atoms with Gasteiger partial charge in [0.05, 0.1) is 17.1 Å². The van der Waals surface area contributed by atoms with Crippen LogP contribution in [0.1, 0.15) is 113 Å². The van der Waals surface area contributed by atoms with Crippen molar-refractivity contribution in [3.63, 3.8) is 0 Å². The highest BCUT2D eigenvalue weighted by Gasteiger charge is 2.72. The Hall–Kier alpha value is -0.610. The van der Waals surface area contributed by atoms with Gasteiger partial charge in [-0.05, 0) is 130 Å². The number of aliphatic hydroxyl groups is 2. The maximum atomic E-state index is 12.5. The smallest absolute Gasteiger partial charge is 0.309 e. The van der Waals surface area contributed by atoms with Crippen LogP contribution in [0, 0.1) is 56.7 Å². The minimum atomic E-state index is -0.757. The van der Waals surface area contributed by atoms with Gasteiger partial charge in [0.15, 0.2) is 0 Å². The summed E-state index contributed by atoms with van der Waals surface area (Å²) in [5, 5.41) is 33.0. The number of carboxylic acids is 1. The van der Waals surface area contributed by atoms with Gasteiger partial charge < -0.3 is 15.3 Å². The first-order valence-electron chi connectivity index (χ1n) is 14.2. The lowest BCUT2D eigenvalue weighted by Crippen LogP contribution is -2.68. The van der Waals surface area contributed by atoms with Gasteiger partial charge in [-0.25, -0.2) is 0 Å². The summed E-state index contributed by atoms with van der Waals surface area (Å²) in [5.41, 5.74) is -1.10. The molecule has 0 heterocycles. The highest BCUT2D eigenvalue weighted by molar-refractivity contribution is 5.75. The first-order chi connectivity index (χ1) is 15.6. The minimum Gasteiger partial charge on any atom is -0.481 e. The summed E-state index contributed by atoms with van der Waals surface area (Å²) in [6, 6.07) is 0. The largest absolute Gasteiger partial charge is 0.481 e. The van der Waals surface area contributed by atoms with E-state index >= 15 is 0 Å². The van der Waals surface area contributed by atoms with Crippen LogP contribution in [0.25, 0.3) is 0 Å². The first-order valence-corrected chi connectivity index (χ1v) is 14.2. The van der Waals surface area contributed by atoms with Crippen LogP contribution in [0.2, 0.25) is 0 Å². The molecule has 3 N–H and O–H groups in total. The monoisotopic (exact) mass is 474 g/mol. The van der Waals surface area contributed by atoms with Crippen molar-refractivity contribution in [1.82, 2.24) is 0 Å². The fourth-order valence-corrected chi connectivity index (χ4v) is 12.1. The van der Waals surface area contributed by atoms with Crippen LogP contribution in [-0.4, -0.2) is 33.0 Å². The Labute approximate surface area is 207 Å². The van der Waals surface area contributed by atoms with Gasteiger partial charge in [0.25, 0.3) is 0 Å². The molecule has 0 spiro atoms. The maximum Gasteiger partial charge on any atom is 0.309 e. The molecule has 5 aliphatic carbocycles. The molecule has 11 unspecified atom stereocenters. The number of aliphatic hydroxyl groups excluding tert-OH is 1. The van der Waals surface area contributed by atoms with Gasteiger partial charge in [0, 0.05) is 0 Å². The average molecular weight is 475 g/mol. The van der Waals surface area contributed by atoms with E-state index < -0.39 is 17.0 Å². The van der Waals surface area contributed by atoms with Crippen molar-refractivity contribution >= 4 is 5.97 Å². The molecule has 5 rings (SSSR count). The molecule has 0 aliphatic heterocycles. The summed E-state index contributed by atoms with van der Waals surface area (Å²) in [5.74, 6) is 1.04. The second-order valence-corrected chi connectivity index (χ2v) is 15.3. The van der Waals surface area contributed by atoms with Crippen LogP contribution in [0.15, 0.2) is 0 Å². The quantitative estimate of drug-likeness (QED) is 0.440. The third kappa shape index (κ3) is 2.88. The summed E-state index contributed by atoms with van der Waals surface area (Å²) in [4.78, 5) is 12.5. The highest BCUT2D eigenvalue weighted by atomic mass is 16.4. The predicted octanol–water partition coefficient (Wildman–Crippen LogP) is 6.28. The third-order valence-corrected chi connectivity index (χ3v) is 13.7. The van der Waals surface area contributed by atoms with E-state index in [1.165, 1.54) is 12.8 Å². The zero-order valence-electron chi connectivity index (χ0n) is 22.8. The Kier molecular flexibility index (Phi) is 5.34. The van der Waals surface area contributed by atoms with Crippen molar-refractivity contribution in [3.8, 4) is 0 Å². The molecular formula is C30H50O4. The van der Waals surface area contributed by atoms with Crippen LogP contribution in [-0.2, 0) is 4.79 Å². The molecule has 0 radical (unpaired) electrons. The molecule has 11 atom stereocenters. The van der Waals surface area contributed by atoms with Gasteiger partial charge in [-0.15, -0.1) is 0 Å². The number of carboxylic acid groups (broad SMARTS) is 1. The van der Waals surface area contributed by atoms with Crippen LogP contribution >= 0.6 is 0 Å². The molecule has 0 saturated heterocycles. The summed E-state index contributed by atoms with van der Waals surface area (Å²) < 4.78 is 0. The van der Waals surface area contributed by atoms with Gasteiger partial charge in [-0.1, -0.05) is 34.1 Å². The summed E-state index contributed by atoms with van der Waals surface area (Å²) in [7, 11) is 0. The topological polar surface area (TPSA) is 77.8 Å². The number of rotatable bonds is 2. The Morgan fingerprint density at radius 2 is 1.41 bits per heavy atom. The maximum absolute atomic E-state index is 12.5. The van der Waals surface area contributed by atoms with E-state index in [-0.39, 0.29) is 45.5 Å². The number of fused-ring (bicyclic) bond motifs is 7. The van der Waals surface area contributed by atoms with Crippen molar-refractivity contribution in [2.45, 2.75) is 124 Å². The molecule has 4 heteroatoms. The van der Waals surface area contributed by atoms with Crippen molar-refractivity contribution in [3.05, 3.63) is 0 Å². The molecule has 4 nitrogen and oxygen atoms in total. The molecule has 194 valence electrons. The SMILES string of the molecule is CC(C)(O)C1CCC2(C)C1C(O)CC1(C)C2CCC2C3(C)CCCC(C)(C(=O)O)C3CCC21C. The fraction of sp³-hybridized carbons (Fsp3) is 0.967. The lowest BCUT2D eigenvalue weighted by molar-refractivity contribution is -0.261. The molecule has 5 fully saturated rings. The van der Waals surface area contributed by atoms with E-state index in [1.54, 1.807) is 0 Å². The second-order valence-electron chi connectivity index (χ2n) is 15.3. The summed E-state index contributed by atoms with van der Waals surface area (Å²) in [6.07, 6.45) is 9.97. The highest BCUT2D eigenvalue weighted by Crippen LogP contribution is 2.78. The molecule has 0 aromatic rings. The number of aliphatic carboxylic acids is 1. The van der Waals surface area contributed by atoms with Crippen molar-refractivity contribution < 1.29 is 20.1 Å². The van der Waals surface area contributed by atoms with Gasteiger partial charge >= 0.3 is 5.97 Å². The fourth-order valence-electron chi connectivity index (χ4n) is 12.1. The molecule has 5 aliphatic rings. The van der Waals surface area contributed by atoms with Crippen LogP contribution in [0.3, 0.4) is 0 Å². The third-order valence-electron chi connectivity index (χ3n) is 13.7. The van der Waals surface area contributed by atoms with E-state index in [9.17, 15) is 20.1 Å². The number of carbonyl (C=O) groups is 1. The Balaban J connectivity index is 1.55. The zero-order chi connectivity index (χ0) is 25.1. The van der Waals surface area contributed by atoms with Crippen molar-refractivity contribution in [2.24, 2.45) is 56.7 Å². The molecule has 0 aromatic carbocycles. The first kappa shape index (κ1) is 25.1. The Bertz CT molecular complexity index is 862. The van der Waals surface area contributed by atoms with Gasteiger partial charge in [0.2, 0.25) is 0 Å². The molecule has 0 amide bonds. The summed E-state index contributed by atoms with van der Waals surface area (Å²) in [6.45, 7) is 15.8. The van der Waals surface area contributed by atoms with E-state index in [2.05, 4.69) is 27.7 Å². The summed E-state index contributed by atoms with van der Waals surface area (Å²) >= 11 is 0. The van der Waals surface area contributed by atoms with E-state index in [0.29, 0.717) is 11.8 Å². The molecule has 5 saturated carbocycles. The van der Waals surface area contributed by atoms with E-state index in [0.717, 1.165) is 51.4 Å². The van der Waals surface area contributed by atoms with Crippen LogP contribution < -0.4 is 0 Å². The lowest BCUT2D eigenvalue weighted by atomic mass is 9.31. The minimum absolute atomic E-state index is 0.0418. The zero-order valence-corrected chi connectivity index (χ0v) is 22.8. The average Bonchev–Trinajstić information content (AvgIpc) is 3.07. The van der Waals surface area contributed by atoms with Gasteiger partial charge in [-0.2, -0.15) is 0 Å². The van der Waals surface area contributed by atoms with Gasteiger partial charge in [0.1, 0.15) is 0 Å². The van der Waals surface area contributed by atoms with Crippen LogP contribution in [0.4, 0.5) is 0 Å². The lowest BCUT2D eigenvalue weighted by Gasteiger charge is -2.73. The van der Waals surface area contributed by atoms with Crippen molar-refractivity contribution in [1.29, 1.82) is 0 Å². The van der Waals surface area contributed by atoms with Crippen molar-refractivity contribution in [2.75, 3.05) is 0 Å². The predicted molar refractivity (Wildman–Crippen MR) is 134 cm³/mol. The molecular weight excluding hydrogens is 424 g/mol. The number of hydrogen-bond acceptors (Lipinski definition) is 3. The van der Waals surface area contributed by atoms with Gasteiger partial charge in [-0.3, -0.25) is 4.79 Å². The second kappa shape index (κ2) is 7.24. The molecule has 0 bridgehead atoms. The van der Waals surface area contributed by atoms with E-state index in [4.69, 9.17) is 0 Å². The standard InChI is InChI=1S/C30H50O4/c1-25(2,34)18-11-15-27(4)22-10-9-21-26(3)13-8-14-28(5,24(32)33)20(26)12-16-29(21,6)30(22,7)17-19(31)23(18)27/h18-23,31,34H,8-17H2,1-7H3,(H,32,33). The van der Waals surface area contributed by atoms with E-state index in [1.807, 2.05) is 20.8 Å². The Morgan fingerprint density at radius 1 is 0.794 bits per heavy atom. The van der Waals surface area contributed by atoms with Crippen LogP contribution in [0.5, 0.6) is 0 Å². The molecule has 0 aromatic heterocycles. The Morgan fingerprint density at radius 3 is 2.00 bits per heavy atom.